The highest BCUT2D eigenvalue weighted by atomic mass is 16.5. The van der Waals surface area contributed by atoms with Crippen LogP contribution in [-0.4, -0.2) is 68.7 Å². The number of carbonyl (C=O) groups is 3. The summed E-state index contributed by atoms with van der Waals surface area (Å²) < 4.78 is 22.6. The lowest BCUT2D eigenvalue weighted by Crippen LogP contribution is -2.45. The Morgan fingerprint density at radius 2 is 1.88 bits per heavy atom. The number of rotatable bonds is 2. The van der Waals surface area contributed by atoms with Crippen molar-refractivity contribution in [1.82, 2.24) is 15.5 Å². The number of carbonyl (C=O) groups excluding carboxylic acids is 3. The zero-order valence-electron chi connectivity index (χ0n) is 19.3. The summed E-state index contributed by atoms with van der Waals surface area (Å²) in [5, 5.41) is 5.76. The zero-order chi connectivity index (χ0) is 24.2. The van der Waals surface area contributed by atoms with Gasteiger partial charge in [0.25, 0.3) is 11.8 Å². The maximum Gasteiger partial charge on any atom is 0.258 e. The van der Waals surface area contributed by atoms with Gasteiger partial charge in [-0.05, 0) is 24.3 Å². The molecule has 0 saturated carbocycles. The van der Waals surface area contributed by atoms with Gasteiger partial charge < -0.3 is 34.5 Å². The molecule has 0 aliphatic carbocycles. The molecular formula is C24H27N3O7. The van der Waals surface area contributed by atoms with Crippen LogP contribution in [-0.2, 0) is 16.1 Å². The lowest BCUT2D eigenvalue weighted by Gasteiger charge is -2.22. The van der Waals surface area contributed by atoms with Gasteiger partial charge in [-0.3, -0.25) is 14.4 Å². The summed E-state index contributed by atoms with van der Waals surface area (Å²) in [7, 11) is 3.01. The predicted molar refractivity (Wildman–Crippen MR) is 121 cm³/mol. The minimum absolute atomic E-state index is 0.103. The first kappa shape index (κ1) is 23.2. The van der Waals surface area contributed by atoms with Gasteiger partial charge in [0, 0.05) is 43.3 Å². The molecule has 3 amide bonds. The fraction of sp³-hybridized carbons (Fsp3) is 0.375. The molecule has 2 atom stereocenters. The van der Waals surface area contributed by atoms with Crippen LogP contribution in [0, 0.1) is 0 Å². The summed E-state index contributed by atoms with van der Waals surface area (Å²) in [4.78, 5) is 39.1. The maximum atomic E-state index is 13.1. The van der Waals surface area contributed by atoms with Gasteiger partial charge in [0.1, 0.15) is 29.1 Å². The topological polar surface area (TPSA) is 115 Å². The van der Waals surface area contributed by atoms with E-state index >= 15 is 0 Å². The first-order valence-corrected chi connectivity index (χ1v) is 10.8. The number of amides is 3. The second kappa shape index (κ2) is 9.90. The van der Waals surface area contributed by atoms with Crippen molar-refractivity contribution < 1.29 is 33.3 Å². The second-order valence-corrected chi connectivity index (χ2v) is 8.10. The number of fused-ring (bicyclic) bond motifs is 7. The largest absolute Gasteiger partial charge is 0.497 e. The first-order valence-electron chi connectivity index (χ1n) is 10.8. The molecule has 0 unspecified atom stereocenters. The molecule has 3 aliphatic rings. The van der Waals surface area contributed by atoms with E-state index in [1.54, 1.807) is 35.2 Å². The number of nitrogens with zero attached hydrogens (tertiary/aromatic N) is 1. The van der Waals surface area contributed by atoms with Crippen LogP contribution in [0.1, 0.15) is 22.8 Å². The van der Waals surface area contributed by atoms with Crippen molar-refractivity contribution in [2.45, 2.75) is 25.6 Å². The molecular weight excluding hydrogens is 442 g/mol. The van der Waals surface area contributed by atoms with Crippen LogP contribution in [0.2, 0.25) is 0 Å². The van der Waals surface area contributed by atoms with E-state index in [0.717, 1.165) is 5.56 Å². The molecule has 1 saturated heterocycles. The summed E-state index contributed by atoms with van der Waals surface area (Å²) >= 11 is 0. The van der Waals surface area contributed by atoms with Gasteiger partial charge in [-0.1, -0.05) is 0 Å². The number of likely N-dealkylation sites (tertiary alicyclic amines) is 1. The molecule has 3 aliphatic heterocycles. The molecule has 2 aromatic rings. The highest BCUT2D eigenvalue weighted by Crippen LogP contribution is 2.28. The molecule has 0 spiro atoms. The SMILES string of the molecule is COc1cc2cc(c1)C(=O)N[C@H]1CN(C(C)=O)C[C@@H]1Oc1ccc(c(OC)c1)CNC(=O)CO2. The van der Waals surface area contributed by atoms with E-state index < -0.39 is 12.1 Å². The summed E-state index contributed by atoms with van der Waals surface area (Å²) in [5.41, 5.74) is 1.06. The van der Waals surface area contributed by atoms with Crippen LogP contribution in [0.5, 0.6) is 23.0 Å². The molecule has 2 N–H and O–H groups in total. The van der Waals surface area contributed by atoms with Crippen molar-refractivity contribution >= 4 is 17.7 Å². The normalized spacial score (nSPS) is 20.3. The highest BCUT2D eigenvalue weighted by Gasteiger charge is 2.37. The Bertz CT molecular complexity index is 1100. The van der Waals surface area contributed by atoms with Gasteiger partial charge in [-0.25, -0.2) is 0 Å². The Balaban J connectivity index is 1.69. The fourth-order valence-electron chi connectivity index (χ4n) is 3.96. The van der Waals surface area contributed by atoms with E-state index in [1.165, 1.54) is 27.2 Å². The van der Waals surface area contributed by atoms with Crippen molar-refractivity contribution in [3.63, 3.8) is 0 Å². The van der Waals surface area contributed by atoms with Gasteiger partial charge in [0.2, 0.25) is 5.91 Å². The quantitative estimate of drug-likeness (QED) is 0.677. The number of hydrogen-bond acceptors (Lipinski definition) is 7. The molecule has 34 heavy (non-hydrogen) atoms. The number of hydrogen-bond donors (Lipinski definition) is 2. The Morgan fingerprint density at radius 1 is 1.06 bits per heavy atom. The second-order valence-electron chi connectivity index (χ2n) is 8.10. The average Bonchev–Trinajstić information content (AvgIpc) is 3.23. The maximum absolute atomic E-state index is 13.1. The van der Waals surface area contributed by atoms with Crippen molar-refractivity contribution in [2.24, 2.45) is 0 Å². The number of methoxy groups -OCH3 is 2. The standard InChI is InChI=1S/C24H27N3O7/c1-14(28)27-11-20-22(12-27)34-17-5-4-15(21(9-17)32-3)10-25-23(29)13-33-19-7-16(24(30)26-20)6-18(8-19)31-2/h4-9,20,22H,10-13H2,1-3H3,(H,25,29)(H,26,30)/t20-,22-/m0/s1. The van der Waals surface area contributed by atoms with Gasteiger partial charge in [-0.15, -0.1) is 0 Å². The molecule has 1 fully saturated rings. The third kappa shape index (κ3) is 5.16. The minimum Gasteiger partial charge on any atom is -0.497 e. The Morgan fingerprint density at radius 3 is 2.62 bits per heavy atom. The molecule has 4 bridgehead atoms. The van der Waals surface area contributed by atoms with Crippen LogP contribution in [0.4, 0.5) is 0 Å². The summed E-state index contributed by atoms with van der Waals surface area (Å²) in [6.07, 6.45) is -0.472. The van der Waals surface area contributed by atoms with Gasteiger partial charge in [-0.2, -0.15) is 0 Å². The minimum atomic E-state index is -0.472. The highest BCUT2D eigenvalue weighted by molar-refractivity contribution is 5.95. The third-order valence-corrected chi connectivity index (χ3v) is 5.80. The molecule has 2 aromatic carbocycles. The van der Waals surface area contributed by atoms with Crippen LogP contribution in [0.15, 0.2) is 36.4 Å². The van der Waals surface area contributed by atoms with E-state index in [2.05, 4.69) is 10.6 Å². The third-order valence-electron chi connectivity index (χ3n) is 5.80. The Kier molecular flexibility index (Phi) is 6.76. The van der Waals surface area contributed by atoms with Gasteiger partial charge in [0.05, 0.1) is 26.8 Å². The molecule has 5 rings (SSSR count). The van der Waals surface area contributed by atoms with E-state index in [0.29, 0.717) is 41.7 Å². The van der Waals surface area contributed by atoms with Gasteiger partial charge in [0.15, 0.2) is 6.61 Å². The van der Waals surface area contributed by atoms with E-state index in [4.69, 9.17) is 18.9 Å². The average molecular weight is 469 g/mol. The van der Waals surface area contributed by atoms with Crippen molar-refractivity contribution in [2.75, 3.05) is 33.9 Å². The Hall–Kier alpha value is -3.95. The van der Waals surface area contributed by atoms with E-state index in [1.807, 2.05) is 0 Å². The fourth-order valence-corrected chi connectivity index (χ4v) is 3.96. The molecule has 3 heterocycles. The smallest absolute Gasteiger partial charge is 0.258 e. The number of nitrogens with one attached hydrogen (secondary N) is 2. The lowest BCUT2D eigenvalue weighted by molar-refractivity contribution is -0.128. The van der Waals surface area contributed by atoms with Crippen LogP contribution in [0.3, 0.4) is 0 Å². The summed E-state index contributed by atoms with van der Waals surface area (Å²) in [5.74, 6) is 0.976. The van der Waals surface area contributed by atoms with E-state index in [9.17, 15) is 14.4 Å². The van der Waals surface area contributed by atoms with Crippen molar-refractivity contribution in [3.05, 3.63) is 47.5 Å². The monoisotopic (exact) mass is 469 g/mol. The summed E-state index contributed by atoms with van der Waals surface area (Å²) in [6, 6.07) is 9.55. The van der Waals surface area contributed by atoms with E-state index in [-0.39, 0.29) is 30.9 Å². The molecule has 10 heteroatoms. The van der Waals surface area contributed by atoms with Crippen molar-refractivity contribution in [1.29, 1.82) is 0 Å². The molecule has 0 aromatic heterocycles. The Labute approximate surface area is 197 Å². The zero-order valence-corrected chi connectivity index (χ0v) is 19.3. The van der Waals surface area contributed by atoms with Crippen LogP contribution < -0.4 is 29.6 Å². The summed E-state index contributed by atoms with van der Waals surface area (Å²) in [6.45, 7) is 2.12. The van der Waals surface area contributed by atoms with Crippen molar-refractivity contribution in [3.8, 4) is 23.0 Å². The van der Waals surface area contributed by atoms with Crippen LogP contribution in [0.25, 0.3) is 0 Å². The number of benzene rings is 2. The lowest BCUT2D eigenvalue weighted by atomic mass is 10.1. The number of ether oxygens (including phenoxy) is 4. The molecule has 0 radical (unpaired) electrons. The molecule has 10 nitrogen and oxygen atoms in total. The van der Waals surface area contributed by atoms with Gasteiger partial charge >= 0.3 is 0 Å². The molecule has 180 valence electrons. The first-order chi connectivity index (χ1) is 16.4. The predicted octanol–water partition coefficient (Wildman–Crippen LogP) is 1.12. The van der Waals surface area contributed by atoms with Crippen LogP contribution >= 0.6 is 0 Å².